The van der Waals surface area contributed by atoms with Gasteiger partial charge in [-0.1, -0.05) is 56.8 Å². The Bertz CT molecular complexity index is 834. The second kappa shape index (κ2) is 7.04. The van der Waals surface area contributed by atoms with Crippen molar-refractivity contribution in [2.45, 2.75) is 12.9 Å². The fourth-order valence-electron chi connectivity index (χ4n) is 1.83. The van der Waals surface area contributed by atoms with E-state index in [1.54, 1.807) is 0 Å². The second-order valence-electron chi connectivity index (χ2n) is 4.28. The van der Waals surface area contributed by atoms with Crippen molar-refractivity contribution in [3.8, 4) is 0 Å². The minimum atomic E-state index is -2.54. The van der Waals surface area contributed by atoms with Gasteiger partial charge in [0.15, 0.2) is 0 Å². The number of benzene rings is 2. The molecule has 4 nitrogen and oxygen atoms in total. The number of hydrogen-bond acceptors (Lipinski definition) is 3. The van der Waals surface area contributed by atoms with E-state index < -0.39 is 23.5 Å². The zero-order chi connectivity index (χ0) is 18.9. The molecule has 2 aromatic rings. The van der Waals surface area contributed by atoms with Gasteiger partial charge >= 0.3 is 5.69 Å². The molecule has 2 aromatic carbocycles. The van der Waals surface area contributed by atoms with Crippen LogP contribution in [0.25, 0.3) is 0 Å². The Morgan fingerprint density at radius 1 is 1.27 bits per heavy atom. The van der Waals surface area contributed by atoms with Crippen LogP contribution in [0.4, 0.5) is 11.4 Å². The number of nitro benzene ring substituents is 1. The van der Waals surface area contributed by atoms with E-state index in [4.69, 9.17) is 38.9 Å². The summed E-state index contributed by atoms with van der Waals surface area (Å²) in [6, 6.07) is 5.78. The second-order valence-corrected chi connectivity index (χ2v) is 6.45. The van der Waals surface area contributed by atoms with Crippen LogP contribution >= 0.6 is 50.7 Å². The van der Waals surface area contributed by atoms with Gasteiger partial charge in [-0.05, 0) is 36.7 Å². The summed E-state index contributed by atoms with van der Waals surface area (Å²) in [7, 11) is 0. The average molecular weight is 428 g/mol. The van der Waals surface area contributed by atoms with Gasteiger partial charge in [-0.3, -0.25) is 10.1 Å². The Balaban J connectivity index is 2.58. The smallest absolute Gasteiger partial charge is 0.310 e. The summed E-state index contributed by atoms with van der Waals surface area (Å²) < 4.78 is 23.8. The molecule has 0 aromatic heterocycles. The summed E-state index contributed by atoms with van der Waals surface area (Å²) in [6.07, 6.45) is 0. The van der Waals surface area contributed by atoms with Crippen molar-refractivity contribution in [3.63, 3.8) is 0 Å². The molecule has 2 rings (SSSR count). The van der Waals surface area contributed by atoms with E-state index in [2.05, 4.69) is 21.2 Å². The summed E-state index contributed by atoms with van der Waals surface area (Å²) in [6.45, 7) is -2.54. The van der Waals surface area contributed by atoms with Crippen LogP contribution in [0.1, 0.15) is 22.6 Å². The molecule has 0 spiro atoms. The van der Waals surface area contributed by atoms with Gasteiger partial charge in [0.25, 0.3) is 0 Å². The Hall–Kier alpha value is -1.01. The molecule has 0 radical (unpaired) electrons. The highest BCUT2D eigenvalue weighted by molar-refractivity contribution is 9.10. The molecule has 22 heavy (non-hydrogen) atoms. The van der Waals surface area contributed by atoms with Gasteiger partial charge in [-0.25, -0.2) is 0 Å². The van der Waals surface area contributed by atoms with Crippen LogP contribution < -0.4 is 5.32 Å². The van der Waals surface area contributed by atoms with Crippen molar-refractivity contribution < 1.29 is 9.04 Å². The SMILES string of the molecule is [2H]C([2H])([2H])C(Nc1cc(Br)cc(Cl)c1[N+](=O)[O-])c1ccc(Cl)cc1Cl. The van der Waals surface area contributed by atoms with Crippen LogP contribution in [0.5, 0.6) is 0 Å². The summed E-state index contributed by atoms with van der Waals surface area (Å²) in [4.78, 5) is 10.6. The number of anilines is 1. The molecule has 116 valence electrons. The van der Waals surface area contributed by atoms with Gasteiger partial charge in [0, 0.05) is 18.6 Å². The zero-order valence-corrected chi connectivity index (χ0v) is 14.6. The molecular weight excluding hydrogens is 414 g/mol. The first-order chi connectivity index (χ1) is 11.5. The van der Waals surface area contributed by atoms with Crippen molar-refractivity contribution in [2.24, 2.45) is 0 Å². The van der Waals surface area contributed by atoms with Gasteiger partial charge < -0.3 is 5.32 Å². The number of nitrogens with zero attached hydrogens (tertiary/aromatic N) is 1. The van der Waals surface area contributed by atoms with Crippen molar-refractivity contribution in [3.05, 3.63) is 65.6 Å². The molecule has 0 heterocycles. The molecule has 1 unspecified atom stereocenters. The van der Waals surface area contributed by atoms with Crippen molar-refractivity contribution in [1.82, 2.24) is 0 Å². The molecule has 0 amide bonds. The van der Waals surface area contributed by atoms with E-state index in [1.807, 2.05) is 0 Å². The molecule has 0 saturated heterocycles. The summed E-state index contributed by atoms with van der Waals surface area (Å²) in [5.74, 6) is 0. The molecule has 1 atom stereocenters. The standard InChI is InChI=1S/C14H10BrCl3N2O2/c1-7(10-3-2-9(16)6-11(10)17)19-13-5-8(15)4-12(18)14(13)20(21)22/h2-7,19H,1H3/i1D3. The third-order valence-electron chi connectivity index (χ3n) is 2.78. The highest BCUT2D eigenvalue weighted by Crippen LogP contribution is 2.38. The van der Waals surface area contributed by atoms with Gasteiger partial charge in [0.1, 0.15) is 10.7 Å². The quantitative estimate of drug-likeness (QED) is 0.448. The summed E-state index contributed by atoms with van der Waals surface area (Å²) in [5.41, 5.74) is -0.239. The fraction of sp³-hybridized carbons (Fsp3) is 0.143. The molecule has 0 aliphatic heterocycles. The highest BCUT2D eigenvalue weighted by atomic mass is 79.9. The van der Waals surface area contributed by atoms with E-state index in [9.17, 15) is 10.1 Å². The van der Waals surface area contributed by atoms with E-state index in [-0.39, 0.29) is 21.3 Å². The Kier molecular flexibility index (Phi) is 4.30. The molecule has 0 aliphatic carbocycles. The normalized spacial score (nSPS) is 14.6. The molecule has 1 N–H and O–H groups in total. The number of halogens is 4. The highest BCUT2D eigenvalue weighted by Gasteiger charge is 2.22. The molecular formula is C14H10BrCl3N2O2. The lowest BCUT2D eigenvalue weighted by Gasteiger charge is -2.18. The maximum atomic E-state index is 11.3. The van der Waals surface area contributed by atoms with Gasteiger partial charge in [-0.2, -0.15) is 0 Å². The van der Waals surface area contributed by atoms with Crippen LogP contribution in [-0.2, 0) is 0 Å². The van der Waals surface area contributed by atoms with Crippen LogP contribution in [0.2, 0.25) is 15.1 Å². The first-order valence-electron chi connectivity index (χ1n) is 7.35. The number of hydrogen-bond donors (Lipinski definition) is 1. The summed E-state index contributed by atoms with van der Waals surface area (Å²) >= 11 is 21.1. The first kappa shape index (κ1) is 13.4. The monoisotopic (exact) mass is 425 g/mol. The maximum absolute atomic E-state index is 11.3. The molecule has 0 fully saturated rings. The molecule has 0 bridgehead atoms. The predicted octanol–water partition coefficient (Wildman–Crippen LogP) is 6.49. The number of nitrogens with one attached hydrogen (secondary N) is 1. The largest absolute Gasteiger partial charge is 0.373 e. The Morgan fingerprint density at radius 2 is 2.00 bits per heavy atom. The topological polar surface area (TPSA) is 55.2 Å². The lowest BCUT2D eigenvalue weighted by atomic mass is 10.1. The lowest BCUT2D eigenvalue weighted by Crippen LogP contribution is -2.09. The van der Waals surface area contributed by atoms with E-state index in [0.717, 1.165) is 0 Å². The van der Waals surface area contributed by atoms with Gasteiger partial charge in [0.05, 0.1) is 11.0 Å². The van der Waals surface area contributed by atoms with Crippen LogP contribution in [0, 0.1) is 10.1 Å². The lowest BCUT2D eigenvalue weighted by molar-refractivity contribution is -0.383. The molecule has 0 saturated carbocycles. The fourth-order valence-corrected chi connectivity index (χ4v) is 3.23. The number of rotatable bonds is 4. The maximum Gasteiger partial charge on any atom is 0.310 e. The van der Waals surface area contributed by atoms with Crippen molar-refractivity contribution in [2.75, 3.05) is 5.32 Å². The van der Waals surface area contributed by atoms with Crippen LogP contribution in [0.15, 0.2) is 34.8 Å². The minimum Gasteiger partial charge on any atom is -0.373 e. The molecule has 0 aliphatic rings. The summed E-state index contributed by atoms with van der Waals surface area (Å²) in [5, 5.41) is 14.3. The first-order valence-corrected chi connectivity index (χ1v) is 7.78. The Labute approximate surface area is 154 Å². The average Bonchev–Trinajstić information content (AvgIpc) is 2.43. The third-order valence-corrected chi connectivity index (χ3v) is 4.09. The van der Waals surface area contributed by atoms with Crippen molar-refractivity contribution >= 4 is 62.1 Å². The van der Waals surface area contributed by atoms with Crippen LogP contribution in [-0.4, -0.2) is 4.92 Å². The van der Waals surface area contributed by atoms with E-state index >= 15 is 0 Å². The predicted molar refractivity (Wildman–Crippen MR) is 94.3 cm³/mol. The Morgan fingerprint density at radius 3 is 2.59 bits per heavy atom. The van der Waals surface area contributed by atoms with Crippen LogP contribution in [0.3, 0.4) is 0 Å². The van der Waals surface area contributed by atoms with E-state index in [1.165, 1.54) is 30.3 Å². The minimum absolute atomic E-state index is 0.0449. The third kappa shape index (κ3) is 3.84. The van der Waals surface area contributed by atoms with Gasteiger partial charge in [0.2, 0.25) is 0 Å². The zero-order valence-electron chi connectivity index (χ0n) is 13.7. The van der Waals surface area contributed by atoms with Crippen molar-refractivity contribution in [1.29, 1.82) is 0 Å². The van der Waals surface area contributed by atoms with Gasteiger partial charge in [-0.15, -0.1) is 0 Å². The van der Waals surface area contributed by atoms with E-state index in [0.29, 0.717) is 9.50 Å². The molecule has 8 heteroatoms. The number of nitro groups is 1.